The molecule has 0 aliphatic rings. The zero-order chi connectivity index (χ0) is 23.2. The normalized spacial score (nSPS) is 12.3. The summed E-state index contributed by atoms with van der Waals surface area (Å²) in [5, 5.41) is 16.7. The summed E-state index contributed by atoms with van der Waals surface area (Å²) >= 11 is 0. The summed E-state index contributed by atoms with van der Waals surface area (Å²) in [6, 6.07) is 1.09. The molecular formula is C23H47N3O3. The van der Waals surface area contributed by atoms with Crippen molar-refractivity contribution in [2.75, 3.05) is 0 Å². The van der Waals surface area contributed by atoms with Crippen molar-refractivity contribution in [1.29, 1.82) is 5.26 Å². The lowest BCUT2D eigenvalue weighted by Crippen LogP contribution is -2.29. The van der Waals surface area contributed by atoms with E-state index in [9.17, 15) is 9.59 Å². The van der Waals surface area contributed by atoms with Gasteiger partial charge in [0, 0.05) is 6.42 Å². The van der Waals surface area contributed by atoms with Gasteiger partial charge < -0.3 is 21.4 Å². The van der Waals surface area contributed by atoms with E-state index in [1.54, 1.807) is 0 Å². The monoisotopic (exact) mass is 413 g/mol. The molecule has 0 spiro atoms. The third kappa shape index (κ3) is 34.5. The van der Waals surface area contributed by atoms with Gasteiger partial charge in [0.1, 0.15) is 12.3 Å². The van der Waals surface area contributed by atoms with Gasteiger partial charge in [-0.2, -0.15) is 5.26 Å². The van der Waals surface area contributed by atoms with Crippen LogP contribution in [0.15, 0.2) is 0 Å². The molecule has 2 atom stereocenters. The number of hydrogen-bond acceptors (Lipinski definition) is 5. The van der Waals surface area contributed by atoms with E-state index in [1.807, 2.05) is 6.07 Å². The Morgan fingerprint density at radius 2 is 1.28 bits per heavy atom. The Morgan fingerprint density at radius 1 is 0.862 bits per heavy atom. The average Bonchev–Trinajstić information content (AvgIpc) is 2.61. The molecule has 6 heteroatoms. The van der Waals surface area contributed by atoms with Gasteiger partial charge in [-0.05, 0) is 37.0 Å². The lowest BCUT2D eigenvalue weighted by molar-refractivity contribution is -0.138. The molecule has 0 radical (unpaired) electrons. The first-order valence-electron chi connectivity index (χ1n) is 11.0. The van der Waals surface area contributed by atoms with Crippen LogP contribution in [0.1, 0.15) is 99.3 Å². The van der Waals surface area contributed by atoms with Crippen molar-refractivity contribution in [3.63, 3.8) is 0 Å². The molecule has 29 heavy (non-hydrogen) atoms. The molecule has 0 amide bonds. The molecule has 172 valence electrons. The summed E-state index contributed by atoms with van der Waals surface area (Å²) in [5.74, 6) is 1.21. The number of rotatable bonds is 13. The molecule has 6 nitrogen and oxygen atoms in total. The van der Waals surface area contributed by atoms with Gasteiger partial charge in [-0.25, -0.2) is 0 Å². The molecule has 0 fully saturated rings. The molecule has 0 aromatic rings. The Labute approximate surface area is 179 Å². The van der Waals surface area contributed by atoms with Gasteiger partial charge in [0.25, 0.3) is 0 Å². The van der Waals surface area contributed by atoms with Crippen LogP contribution in [0.3, 0.4) is 0 Å². The van der Waals surface area contributed by atoms with Gasteiger partial charge in [-0.3, -0.25) is 4.79 Å². The van der Waals surface area contributed by atoms with Gasteiger partial charge in [0.15, 0.2) is 0 Å². The fourth-order valence-corrected chi connectivity index (χ4v) is 2.29. The number of nitrogens with two attached hydrogens (primary N) is 2. The second kappa shape index (κ2) is 22.8. The second-order valence-corrected chi connectivity index (χ2v) is 8.82. The minimum atomic E-state index is -0.895. The van der Waals surface area contributed by atoms with Crippen LogP contribution in [0.25, 0.3) is 0 Å². The summed E-state index contributed by atoms with van der Waals surface area (Å²) in [4.78, 5) is 20.0. The van der Waals surface area contributed by atoms with E-state index in [0.717, 1.165) is 56.6 Å². The molecule has 0 bridgehead atoms. The molecule has 5 N–H and O–H groups in total. The van der Waals surface area contributed by atoms with E-state index in [4.69, 9.17) is 21.8 Å². The number of carbonyl (C=O) groups excluding carboxylic acids is 1. The highest BCUT2D eigenvalue weighted by Gasteiger charge is 2.10. The Bertz CT molecular complexity index is 418. The highest BCUT2D eigenvalue weighted by atomic mass is 16.4. The first-order chi connectivity index (χ1) is 13.5. The van der Waals surface area contributed by atoms with E-state index in [2.05, 4.69) is 41.5 Å². The molecule has 0 aliphatic heterocycles. The highest BCUT2D eigenvalue weighted by molar-refractivity contribution is 5.72. The number of nitriles is 1. The first kappa shape index (κ1) is 32.2. The van der Waals surface area contributed by atoms with Crippen LogP contribution < -0.4 is 11.5 Å². The molecule has 0 saturated carbocycles. The SMILES string of the molecule is CC(C)CCCC(N)C#N.CC(C)CCCC=O.CC(C)CCC[C@H](N)C(=O)O. The second-order valence-electron chi connectivity index (χ2n) is 8.82. The third-order valence-corrected chi connectivity index (χ3v) is 4.18. The van der Waals surface area contributed by atoms with E-state index in [0.29, 0.717) is 12.3 Å². The van der Waals surface area contributed by atoms with Gasteiger partial charge in [0.05, 0.1) is 12.1 Å². The van der Waals surface area contributed by atoms with Crippen LogP contribution in [0.5, 0.6) is 0 Å². The standard InChI is InChI=1S/C8H16N2.C8H17NO2.C7H14O/c1-7(2)4-3-5-8(10)6-9;1-6(2)4-3-5-7(9)8(10)11;1-7(2)5-3-4-6-8/h7-8H,3-5,10H2,1-2H3;6-7H,3-5,9H2,1-2H3,(H,10,11);6-7H,3-5H2,1-2H3/t;7-;/m.0./s1. The summed E-state index contributed by atoms with van der Waals surface area (Å²) in [6.45, 7) is 12.9. The predicted octanol–water partition coefficient (Wildman–Crippen LogP) is 4.90. The molecule has 1 unspecified atom stereocenters. The summed E-state index contributed by atoms with van der Waals surface area (Å²) in [6.07, 6.45) is 9.61. The number of unbranched alkanes of at least 4 members (excludes halogenated alkanes) is 1. The minimum absolute atomic E-state index is 0.251. The smallest absolute Gasteiger partial charge is 0.320 e. The maximum atomic E-state index is 10.2. The number of carbonyl (C=O) groups is 2. The fourth-order valence-electron chi connectivity index (χ4n) is 2.29. The van der Waals surface area contributed by atoms with Crippen LogP contribution in [0.2, 0.25) is 0 Å². The van der Waals surface area contributed by atoms with Crippen molar-refractivity contribution in [2.45, 2.75) is 111 Å². The van der Waals surface area contributed by atoms with Crippen molar-refractivity contribution in [3.8, 4) is 6.07 Å². The first-order valence-corrected chi connectivity index (χ1v) is 11.0. The maximum Gasteiger partial charge on any atom is 0.320 e. The molecule has 0 saturated heterocycles. The zero-order valence-electron chi connectivity index (χ0n) is 19.7. The Balaban J connectivity index is -0.000000354. The molecule has 0 rings (SSSR count). The van der Waals surface area contributed by atoms with Crippen LogP contribution >= 0.6 is 0 Å². The summed E-state index contributed by atoms with van der Waals surface area (Å²) in [5.41, 5.74) is 10.7. The van der Waals surface area contributed by atoms with Crippen LogP contribution in [-0.2, 0) is 9.59 Å². The number of carboxylic acid groups (broad SMARTS) is 1. The van der Waals surface area contributed by atoms with Crippen molar-refractivity contribution in [2.24, 2.45) is 29.2 Å². The van der Waals surface area contributed by atoms with Crippen molar-refractivity contribution in [1.82, 2.24) is 0 Å². The predicted molar refractivity (Wildman–Crippen MR) is 121 cm³/mol. The third-order valence-electron chi connectivity index (χ3n) is 4.18. The topological polar surface area (TPSA) is 130 Å². The number of carboxylic acids is 1. The largest absolute Gasteiger partial charge is 0.480 e. The highest BCUT2D eigenvalue weighted by Crippen LogP contribution is 2.08. The summed E-state index contributed by atoms with van der Waals surface area (Å²) < 4.78 is 0. The molecule has 0 aliphatic carbocycles. The quantitative estimate of drug-likeness (QED) is 0.291. The molecule has 0 aromatic heterocycles. The number of aliphatic carboxylic acids is 1. The number of aldehydes is 1. The van der Waals surface area contributed by atoms with Gasteiger partial charge in [-0.15, -0.1) is 0 Å². The molecule has 0 heterocycles. The van der Waals surface area contributed by atoms with Gasteiger partial charge >= 0.3 is 5.97 Å². The van der Waals surface area contributed by atoms with E-state index < -0.39 is 12.0 Å². The van der Waals surface area contributed by atoms with E-state index in [-0.39, 0.29) is 6.04 Å². The van der Waals surface area contributed by atoms with Gasteiger partial charge in [0.2, 0.25) is 0 Å². The molecular weight excluding hydrogens is 366 g/mol. The van der Waals surface area contributed by atoms with Crippen molar-refractivity contribution < 1.29 is 14.7 Å². The Kier molecular flexibility index (Phi) is 25.4. The average molecular weight is 414 g/mol. The van der Waals surface area contributed by atoms with Crippen LogP contribution in [0, 0.1) is 29.1 Å². The van der Waals surface area contributed by atoms with E-state index in [1.165, 1.54) is 12.8 Å². The fraction of sp³-hybridized carbons (Fsp3) is 0.870. The van der Waals surface area contributed by atoms with E-state index >= 15 is 0 Å². The van der Waals surface area contributed by atoms with Crippen molar-refractivity contribution >= 4 is 12.3 Å². The number of hydrogen-bond donors (Lipinski definition) is 3. The van der Waals surface area contributed by atoms with Crippen LogP contribution in [0.4, 0.5) is 0 Å². The van der Waals surface area contributed by atoms with Crippen molar-refractivity contribution in [3.05, 3.63) is 0 Å². The summed E-state index contributed by atoms with van der Waals surface area (Å²) in [7, 11) is 0. The zero-order valence-corrected chi connectivity index (χ0v) is 19.7. The number of nitrogens with zero attached hydrogens (tertiary/aromatic N) is 1. The molecule has 0 aromatic carbocycles. The lowest BCUT2D eigenvalue weighted by Gasteiger charge is -2.06. The Morgan fingerprint density at radius 3 is 1.62 bits per heavy atom. The lowest BCUT2D eigenvalue weighted by atomic mass is 10.0. The Hall–Kier alpha value is -1.45. The van der Waals surface area contributed by atoms with Gasteiger partial charge in [-0.1, -0.05) is 73.6 Å². The van der Waals surface area contributed by atoms with Crippen LogP contribution in [-0.4, -0.2) is 29.4 Å². The maximum absolute atomic E-state index is 10.2. The minimum Gasteiger partial charge on any atom is -0.480 e.